The maximum atomic E-state index is 3.87. The minimum atomic E-state index is 0.383. The molecule has 0 heterocycles. The van der Waals surface area contributed by atoms with Crippen LogP contribution in [-0.2, 0) is 0 Å². The molecule has 0 rings (SSSR count). The van der Waals surface area contributed by atoms with Crippen LogP contribution in [0, 0.1) is 0 Å². The van der Waals surface area contributed by atoms with E-state index in [0.717, 1.165) is 5.25 Å². The van der Waals surface area contributed by atoms with Crippen LogP contribution in [-0.4, -0.2) is 17.4 Å². The second-order valence-electron chi connectivity index (χ2n) is 1.74. The Morgan fingerprint density at radius 1 is 1.50 bits per heavy atom. The smallest absolute Gasteiger partial charge is 0.00674 e. The lowest BCUT2D eigenvalue weighted by molar-refractivity contribution is 1.12. The Hall–Kier alpha value is 0.220. The number of hydrogen-bond donors (Lipinski definition) is 0. The van der Waals surface area contributed by atoms with Crippen LogP contribution >= 0.6 is 10.5 Å². The zero-order valence-corrected chi connectivity index (χ0v) is 5.51. The first-order chi connectivity index (χ1) is 2.64. The van der Waals surface area contributed by atoms with E-state index in [-0.39, 0.29) is 0 Å². The van der Waals surface area contributed by atoms with Gasteiger partial charge in [0.25, 0.3) is 0 Å². The Kier molecular flexibility index (Phi) is 2.49. The summed E-state index contributed by atoms with van der Waals surface area (Å²) in [6.45, 7) is 4.38. The monoisotopic (exact) mass is 104 g/mol. The van der Waals surface area contributed by atoms with Crippen molar-refractivity contribution in [2.45, 2.75) is 19.1 Å². The molecule has 0 aliphatic carbocycles. The van der Waals surface area contributed by atoms with E-state index in [1.807, 2.05) is 0 Å². The van der Waals surface area contributed by atoms with Gasteiger partial charge in [-0.3, -0.25) is 0 Å². The van der Waals surface area contributed by atoms with Crippen LogP contribution in [0.3, 0.4) is 0 Å². The number of rotatable bonds is 1. The Labute approximate surface area is 42.5 Å². The van der Waals surface area contributed by atoms with Gasteiger partial charge in [0.15, 0.2) is 0 Å². The predicted octanol–water partition coefficient (Wildman–Crippen LogP) is 1.73. The molecule has 0 radical (unpaired) electrons. The molecule has 0 aromatic rings. The normalized spacial score (nSPS) is 15.3. The van der Waals surface area contributed by atoms with Gasteiger partial charge in [0, 0.05) is 0 Å². The van der Waals surface area contributed by atoms with Crippen LogP contribution < -0.4 is 0 Å². The number of hydrogen-bond acceptors (Lipinski definition) is 0. The zero-order chi connectivity index (χ0) is 5.15. The van der Waals surface area contributed by atoms with Crippen LogP contribution in [0.1, 0.15) is 13.8 Å². The Balaban J connectivity index is 3.26. The summed E-state index contributed by atoms with van der Waals surface area (Å²) in [5.74, 6) is 3.87. The lowest BCUT2D eigenvalue weighted by Crippen LogP contribution is -1.85. The maximum Gasteiger partial charge on any atom is -0.00674 e. The molecule has 0 nitrogen and oxygen atoms in total. The third-order valence-electron chi connectivity index (χ3n) is 0.805. The summed E-state index contributed by atoms with van der Waals surface area (Å²) in [4.78, 5) is 0. The second kappa shape index (κ2) is 2.40. The molecule has 0 saturated carbocycles. The highest BCUT2D eigenvalue weighted by Gasteiger charge is 1.85. The highest BCUT2D eigenvalue weighted by atomic mass is 32.2. The highest BCUT2D eigenvalue weighted by Crippen LogP contribution is 2.09. The van der Waals surface area contributed by atoms with Gasteiger partial charge in [0.1, 0.15) is 0 Å². The SMILES string of the molecule is C=S(C)C(C)C. The Morgan fingerprint density at radius 3 is 1.67 bits per heavy atom. The van der Waals surface area contributed by atoms with Gasteiger partial charge < -0.3 is 0 Å². The van der Waals surface area contributed by atoms with Crippen molar-refractivity contribution in [2.75, 3.05) is 6.26 Å². The minimum absolute atomic E-state index is 0.383. The molecule has 38 valence electrons. The van der Waals surface area contributed by atoms with E-state index >= 15 is 0 Å². The molecule has 0 saturated heterocycles. The summed E-state index contributed by atoms with van der Waals surface area (Å²) in [6.07, 6.45) is 2.16. The molecule has 6 heavy (non-hydrogen) atoms. The van der Waals surface area contributed by atoms with Crippen molar-refractivity contribution in [1.29, 1.82) is 0 Å². The largest absolute Gasteiger partial charge is 0.194 e. The topological polar surface area (TPSA) is 0 Å². The average Bonchev–Trinajstić information content (AvgIpc) is 1.36. The molecule has 0 bridgehead atoms. The van der Waals surface area contributed by atoms with Crippen LogP contribution in [0.5, 0.6) is 0 Å². The molecule has 0 spiro atoms. The summed E-state index contributed by atoms with van der Waals surface area (Å²) < 4.78 is 0. The van der Waals surface area contributed by atoms with Crippen LogP contribution in [0.4, 0.5) is 0 Å². The van der Waals surface area contributed by atoms with Crippen molar-refractivity contribution >= 4 is 16.4 Å². The third kappa shape index (κ3) is 2.46. The summed E-state index contributed by atoms with van der Waals surface area (Å²) >= 11 is 0. The van der Waals surface area contributed by atoms with Crippen LogP contribution in [0.15, 0.2) is 0 Å². The van der Waals surface area contributed by atoms with Crippen molar-refractivity contribution in [3.8, 4) is 0 Å². The molecule has 0 aromatic heterocycles. The fraction of sp³-hybridized carbons (Fsp3) is 0.800. The van der Waals surface area contributed by atoms with Gasteiger partial charge in [-0.05, 0) is 11.5 Å². The van der Waals surface area contributed by atoms with E-state index in [4.69, 9.17) is 0 Å². The zero-order valence-electron chi connectivity index (χ0n) is 4.69. The molecule has 0 aliphatic rings. The van der Waals surface area contributed by atoms with Crippen LogP contribution in [0.25, 0.3) is 0 Å². The average molecular weight is 104 g/mol. The fourth-order valence-corrected chi connectivity index (χ4v) is 0. The lowest BCUT2D eigenvalue weighted by atomic mass is 10.6. The van der Waals surface area contributed by atoms with Gasteiger partial charge >= 0.3 is 0 Å². The van der Waals surface area contributed by atoms with Crippen LogP contribution in [0.2, 0.25) is 0 Å². The maximum absolute atomic E-state index is 3.87. The van der Waals surface area contributed by atoms with E-state index in [0.29, 0.717) is 10.5 Å². The van der Waals surface area contributed by atoms with Crippen molar-refractivity contribution in [1.82, 2.24) is 0 Å². The molecule has 1 atom stereocenters. The summed E-state index contributed by atoms with van der Waals surface area (Å²) in [5, 5.41) is 0.769. The predicted molar refractivity (Wildman–Crippen MR) is 35.8 cm³/mol. The Morgan fingerprint density at radius 2 is 1.67 bits per heavy atom. The quantitative estimate of drug-likeness (QED) is 0.444. The standard InChI is InChI=1S/C5H12S/c1-5(2)6(3)4/h5H,3H2,1-2,4H3. The first kappa shape index (κ1) is 6.22. The molecule has 0 aromatic carbocycles. The van der Waals surface area contributed by atoms with Gasteiger partial charge in [-0.2, -0.15) is 10.5 Å². The first-order valence-electron chi connectivity index (χ1n) is 2.09. The molecular weight excluding hydrogens is 92.1 g/mol. The Bertz CT molecular complexity index is 55.0. The van der Waals surface area contributed by atoms with Crippen molar-refractivity contribution in [3.63, 3.8) is 0 Å². The molecule has 0 aliphatic heterocycles. The lowest BCUT2D eigenvalue weighted by Gasteiger charge is -2.00. The second-order valence-corrected chi connectivity index (χ2v) is 4.06. The van der Waals surface area contributed by atoms with Gasteiger partial charge in [0.2, 0.25) is 0 Å². The van der Waals surface area contributed by atoms with Gasteiger partial charge in [-0.1, -0.05) is 19.7 Å². The highest BCUT2D eigenvalue weighted by molar-refractivity contribution is 8.14. The van der Waals surface area contributed by atoms with Crippen molar-refractivity contribution in [2.24, 2.45) is 0 Å². The summed E-state index contributed by atoms with van der Waals surface area (Å²) in [6, 6.07) is 0. The van der Waals surface area contributed by atoms with Crippen molar-refractivity contribution < 1.29 is 0 Å². The van der Waals surface area contributed by atoms with E-state index in [9.17, 15) is 0 Å². The molecule has 1 unspecified atom stereocenters. The van der Waals surface area contributed by atoms with Crippen molar-refractivity contribution in [3.05, 3.63) is 0 Å². The third-order valence-corrected chi connectivity index (χ3v) is 2.41. The summed E-state index contributed by atoms with van der Waals surface area (Å²) in [7, 11) is 0.383. The van der Waals surface area contributed by atoms with E-state index in [1.165, 1.54) is 0 Å². The van der Waals surface area contributed by atoms with E-state index in [2.05, 4.69) is 26.0 Å². The van der Waals surface area contributed by atoms with E-state index in [1.54, 1.807) is 0 Å². The summed E-state index contributed by atoms with van der Waals surface area (Å²) in [5.41, 5.74) is 0. The molecule has 0 N–H and O–H groups in total. The first-order valence-corrected chi connectivity index (χ1v) is 3.95. The van der Waals surface area contributed by atoms with Gasteiger partial charge in [0.05, 0.1) is 0 Å². The van der Waals surface area contributed by atoms with Gasteiger partial charge in [-0.25, -0.2) is 0 Å². The van der Waals surface area contributed by atoms with E-state index < -0.39 is 0 Å². The molecule has 0 fully saturated rings. The fourth-order valence-electron chi connectivity index (χ4n) is 0. The molecule has 1 heteroatoms. The molecular formula is C5H12S. The van der Waals surface area contributed by atoms with Gasteiger partial charge in [-0.15, -0.1) is 0 Å². The minimum Gasteiger partial charge on any atom is -0.194 e. The molecule has 0 amide bonds.